The van der Waals surface area contributed by atoms with Crippen molar-refractivity contribution in [3.05, 3.63) is 47.0 Å². The predicted octanol–water partition coefficient (Wildman–Crippen LogP) is 2.70. The van der Waals surface area contributed by atoms with Gasteiger partial charge in [0.2, 0.25) is 15.9 Å². The van der Waals surface area contributed by atoms with Gasteiger partial charge in [-0.25, -0.2) is 8.42 Å². The zero-order chi connectivity index (χ0) is 21.2. The van der Waals surface area contributed by atoms with Crippen molar-refractivity contribution >= 4 is 15.9 Å². The van der Waals surface area contributed by atoms with Gasteiger partial charge >= 0.3 is 0 Å². The first-order valence-corrected chi connectivity index (χ1v) is 11.8. The molecular weight excluding hydrogens is 388 g/mol. The molecule has 1 amide bonds. The van der Waals surface area contributed by atoms with Crippen LogP contribution in [0.5, 0.6) is 0 Å². The number of nitrogens with one attached hydrogen (secondary N) is 1. The fraction of sp³-hybridized carbons (Fsp3) is 0.591. The van der Waals surface area contributed by atoms with Crippen LogP contribution < -0.4 is 5.32 Å². The van der Waals surface area contributed by atoms with Crippen LogP contribution in [0.4, 0.5) is 0 Å². The van der Waals surface area contributed by atoms with E-state index < -0.39 is 10.0 Å². The highest BCUT2D eigenvalue weighted by atomic mass is 32.2. The first kappa shape index (κ1) is 22.0. The highest BCUT2D eigenvalue weighted by Crippen LogP contribution is 2.59. The number of rotatable bonds is 7. The van der Waals surface area contributed by atoms with E-state index in [4.69, 9.17) is 4.74 Å². The normalized spacial score (nSPS) is 24.0. The molecule has 2 fully saturated rings. The van der Waals surface area contributed by atoms with Crippen LogP contribution in [0.1, 0.15) is 38.8 Å². The fourth-order valence-electron chi connectivity index (χ4n) is 4.12. The minimum absolute atomic E-state index is 0.0309. The molecule has 7 heteroatoms. The molecule has 1 saturated heterocycles. The first-order chi connectivity index (χ1) is 13.6. The molecule has 1 aliphatic heterocycles. The highest BCUT2D eigenvalue weighted by Gasteiger charge is 2.60. The zero-order valence-corrected chi connectivity index (χ0v) is 18.6. The summed E-state index contributed by atoms with van der Waals surface area (Å²) in [5.41, 5.74) is 2.75. The smallest absolute Gasteiger partial charge is 0.224 e. The van der Waals surface area contributed by atoms with Crippen molar-refractivity contribution in [1.29, 1.82) is 0 Å². The Kier molecular flexibility index (Phi) is 6.51. The zero-order valence-electron chi connectivity index (χ0n) is 17.8. The highest BCUT2D eigenvalue weighted by molar-refractivity contribution is 7.88. The predicted molar refractivity (Wildman–Crippen MR) is 113 cm³/mol. The Balaban J connectivity index is 1.65. The van der Waals surface area contributed by atoms with Gasteiger partial charge in [0.15, 0.2) is 0 Å². The van der Waals surface area contributed by atoms with Crippen molar-refractivity contribution in [2.75, 3.05) is 26.3 Å². The van der Waals surface area contributed by atoms with E-state index in [0.717, 1.165) is 11.1 Å². The molecule has 3 rings (SSSR count). The molecule has 0 spiro atoms. The number of carbonyl (C=O) groups is 1. The van der Waals surface area contributed by atoms with Crippen molar-refractivity contribution in [2.24, 2.45) is 17.3 Å². The second-order valence-electron chi connectivity index (χ2n) is 8.82. The molecule has 29 heavy (non-hydrogen) atoms. The Hall–Kier alpha value is -1.70. The molecule has 2 aliphatic rings. The summed E-state index contributed by atoms with van der Waals surface area (Å²) in [5.74, 6) is 0.184. The Labute approximate surface area is 174 Å². The number of benzene rings is 1. The van der Waals surface area contributed by atoms with Crippen molar-refractivity contribution in [2.45, 2.75) is 40.0 Å². The van der Waals surface area contributed by atoms with Gasteiger partial charge in [-0.1, -0.05) is 49.8 Å². The average molecular weight is 421 g/mol. The van der Waals surface area contributed by atoms with Gasteiger partial charge in [-0.05, 0) is 36.3 Å². The van der Waals surface area contributed by atoms with E-state index in [1.807, 2.05) is 24.3 Å². The number of morpholine rings is 1. The van der Waals surface area contributed by atoms with E-state index in [9.17, 15) is 13.2 Å². The third-order valence-electron chi connectivity index (χ3n) is 5.98. The van der Waals surface area contributed by atoms with Crippen LogP contribution in [0.3, 0.4) is 0 Å². The lowest BCUT2D eigenvalue weighted by molar-refractivity contribution is -0.123. The summed E-state index contributed by atoms with van der Waals surface area (Å²) in [7, 11) is -3.41. The van der Waals surface area contributed by atoms with Crippen LogP contribution in [-0.2, 0) is 31.9 Å². The number of amides is 1. The summed E-state index contributed by atoms with van der Waals surface area (Å²) in [6.07, 6.45) is 2.17. The quantitative estimate of drug-likeness (QED) is 0.688. The summed E-state index contributed by atoms with van der Waals surface area (Å²) in [6.45, 7) is 10.3. The van der Waals surface area contributed by atoms with Crippen molar-refractivity contribution < 1.29 is 17.9 Å². The molecule has 1 saturated carbocycles. The molecule has 1 aromatic carbocycles. The standard InChI is InChI=1S/C22H32N2O4S/c1-16(2)13-19-20(22(19,3)4)21(25)23-14-17-7-5-6-8-18(17)15-29(26,27)24-9-11-28-12-10-24/h5-8,13,19-20H,9-12,14-15H2,1-4H3,(H,23,25). The summed E-state index contributed by atoms with van der Waals surface area (Å²) in [4.78, 5) is 12.7. The second kappa shape index (κ2) is 8.58. The molecule has 6 nitrogen and oxygen atoms in total. The van der Waals surface area contributed by atoms with Crippen molar-refractivity contribution in [1.82, 2.24) is 9.62 Å². The number of sulfonamides is 1. The number of allylic oxidation sites excluding steroid dienone is 2. The first-order valence-electron chi connectivity index (χ1n) is 10.2. The van der Waals surface area contributed by atoms with Crippen LogP contribution in [0, 0.1) is 17.3 Å². The maximum absolute atomic E-state index is 12.8. The molecular formula is C22H32N2O4S. The molecule has 2 atom stereocenters. The van der Waals surface area contributed by atoms with Crippen LogP contribution in [0.2, 0.25) is 0 Å². The maximum Gasteiger partial charge on any atom is 0.224 e. The molecule has 0 radical (unpaired) electrons. The van der Waals surface area contributed by atoms with E-state index in [-0.39, 0.29) is 28.9 Å². The number of hydrogen-bond acceptors (Lipinski definition) is 4. The molecule has 1 heterocycles. The van der Waals surface area contributed by atoms with Crippen LogP contribution >= 0.6 is 0 Å². The van der Waals surface area contributed by atoms with E-state index in [0.29, 0.717) is 32.8 Å². The molecule has 2 unspecified atom stereocenters. The Morgan fingerprint density at radius 1 is 1.21 bits per heavy atom. The number of carbonyl (C=O) groups excluding carboxylic acids is 1. The van der Waals surface area contributed by atoms with Crippen LogP contribution in [-0.4, -0.2) is 44.9 Å². The topological polar surface area (TPSA) is 75.7 Å². The van der Waals surface area contributed by atoms with E-state index in [1.54, 1.807) is 0 Å². The molecule has 0 aromatic heterocycles. The number of hydrogen-bond donors (Lipinski definition) is 1. The minimum Gasteiger partial charge on any atom is -0.379 e. The monoisotopic (exact) mass is 420 g/mol. The van der Waals surface area contributed by atoms with E-state index in [2.05, 4.69) is 39.1 Å². The molecule has 1 N–H and O–H groups in total. The summed E-state index contributed by atoms with van der Waals surface area (Å²) >= 11 is 0. The molecule has 0 bridgehead atoms. The lowest BCUT2D eigenvalue weighted by Gasteiger charge is -2.26. The van der Waals surface area contributed by atoms with Gasteiger partial charge in [0.05, 0.1) is 24.9 Å². The second-order valence-corrected chi connectivity index (χ2v) is 10.8. The molecule has 1 aliphatic carbocycles. The lowest BCUT2D eigenvalue weighted by Crippen LogP contribution is -2.41. The lowest BCUT2D eigenvalue weighted by atomic mass is 10.1. The van der Waals surface area contributed by atoms with Gasteiger partial charge in [0.1, 0.15) is 0 Å². The maximum atomic E-state index is 12.8. The van der Waals surface area contributed by atoms with Gasteiger partial charge in [0, 0.05) is 19.6 Å². The SMILES string of the molecule is CC(C)=CC1C(C(=O)NCc2ccccc2CS(=O)(=O)N2CCOCC2)C1(C)C. The van der Waals surface area contributed by atoms with Gasteiger partial charge in [-0.15, -0.1) is 0 Å². The molecule has 1 aromatic rings. The van der Waals surface area contributed by atoms with Crippen molar-refractivity contribution in [3.8, 4) is 0 Å². The van der Waals surface area contributed by atoms with Gasteiger partial charge < -0.3 is 10.1 Å². The third-order valence-corrected chi connectivity index (χ3v) is 7.81. The van der Waals surface area contributed by atoms with Gasteiger partial charge in [0.25, 0.3) is 0 Å². The Morgan fingerprint density at radius 3 is 2.45 bits per heavy atom. The van der Waals surface area contributed by atoms with E-state index in [1.165, 1.54) is 9.88 Å². The Morgan fingerprint density at radius 2 is 1.83 bits per heavy atom. The van der Waals surface area contributed by atoms with Crippen LogP contribution in [0.15, 0.2) is 35.9 Å². The largest absolute Gasteiger partial charge is 0.379 e. The number of ether oxygens (including phenoxy) is 1. The molecule has 160 valence electrons. The fourth-order valence-corrected chi connectivity index (χ4v) is 5.69. The summed E-state index contributed by atoms with van der Waals surface area (Å²) in [6, 6.07) is 7.42. The number of nitrogens with zero attached hydrogens (tertiary/aromatic N) is 1. The summed E-state index contributed by atoms with van der Waals surface area (Å²) in [5, 5.41) is 3.03. The van der Waals surface area contributed by atoms with Crippen LogP contribution in [0.25, 0.3) is 0 Å². The van der Waals surface area contributed by atoms with Gasteiger partial charge in [-0.2, -0.15) is 4.31 Å². The van der Waals surface area contributed by atoms with E-state index >= 15 is 0 Å². The summed E-state index contributed by atoms with van der Waals surface area (Å²) < 4.78 is 32.3. The Bertz CT molecular complexity index is 882. The van der Waals surface area contributed by atoms with Gasteiger partial charge in [-0.3, -0.25) is 4.79 Å². The van der Waals surface area contributed by atoms with Crippen molar-refractivity contribution in [3.63, 3.8) is 0 Å². The average Bonchev–Trinajstić information content (AvgIpc) is 3.20. The third kappa shape index (κ3) is 5.08. The minimum atomic E-state index is -3.41.